The summed E-state index contributed by atoms with van der Waals surface area (Å²) in [4.78, 5) is 17.7. The molecule has 27 heavy (non-hydrogen) atoms. The first kappa shape index (κ1) is 18.9. The Labute approximate surface area is 163 Å². The molecule has 2 aliphatic carbocycles. The van der Waals surface area contributed by atoms with Crippen molar-refractivity contribution in [3.05, 3.63) is 35.9 Å². The Morgan fingerprint density at radius 1 is 1.11 bits per heavy atom. The first-order chi connectivity index (χ1) is 12.9. The summed E-state index contributed by atoms with van der Waals surface area (Å²) in [6.07, 6.45) is 6.69. The third-order valence-corrected chi connectivity index (χ3v) is 6.65. The van der Waals surface area contributed by atoms with E-state index in [2.05, 4.69) is 30.7 Å². The molecule has 0 radical (unpaired) electrons. The maximum absolute atomic E-state index is 13.1. The molecule has 1 heterocycles. The van der Waals surface area contributed by atoms with Crippen molar-refractivity contribution in [2.75, 3.05) is 26.7 Å². The van der Waals surface area contributed by atoms with Gasteiger partial charge in [-0.15, -0.1) is 0 Å². The van der Waals surface area contributed by atoms with E-state index in [1.54, 1.807) is 0 Å². The normalized spacial score (nSPS) is 29.7. The van der Waals surface area contributed by atoms with Crippen molar-refractivity contribution >= 4 is 5.91 Å². The lowest BCUT2D eigenvalue weighted by Crippen LogP contribution is -2.60. The van der Waals surface area contributed by atoms with Crippen molar-refractivity contribution in [2.24, 2.45) is 5.92 Å². The number of carbonyl (C=O) groups is 1. The molecular weight excluding hydrogens is 336 g/mol. The summed E-state index contributed by atoms with van der Waals surface area (Å²) in [6, 6.07) is 10.4. The van der Waals surface area contributed by atoms with Crippen LogP contribution in [0.2, 0.25) is 0 Å². The van der Waals surface area contributed by atoms with Gasteiger partial charge in [-0.25, -0.2) is 0 Å². The molecule has 0 atom stereocenters. The van der Waals surface area contributed by atoms with Gasteiger partial charge < -0.3 is 14.5 Å². The van der Waals surface area contributed by atoms with Crippen molar-refractivity contribution in [3.8, 4) is 0 Å². The lowest BCUT2D eigenvalue weighted by Gasteiger charge is -2.51. The minimum atomic E-state index is -0.131. The molecular formula is C23H34N2O2. The smallest absolute Gasteiger partial charge is 0.254 e. The van der Waals surface area contributed by atoms with Gasteiger partial charge in [0.05, 0.1) is 24.3 Å². The maximum atomic E-state index is 13.1. The summed E-state index contributed by atoms with van der Waals surface area (Å²) >= 11 is 0. The van der Waals surface area contributed by atoms with E-state index in [-0.39, 0.29) is 17.1 Å². The lowest BCUT2D eigenvalue weighted by atomic mass is 9.79. The summed E-state index contributed by atoms with van der Waals surface area (Å²) in [7, 11) is 2.26. The third kappa shape index (κ3) is 4.07. The van der Waals surface area contributed by atoms with Crippen molar-refractivity contribution in [1.29, 1.82) is 0 Å². The van der Waals surface area contributed by atoms with Gasteiger partial charge >= 0.3 is 0 Å². The van der Waals surface area contributed by atoms with Gasteiger partial charge in [-0.2, -0.15) is 0 Å². The molecule has 3 fully saturated rings. The van der Waals surface area contributed by atoms with Crippen LogP contribution in [0.15, 0.2) is 30.3 Å². The standard InChI is InChI=1S/C23H34N2O2/c1-18(2)15-24(3)20-9-11-22(12-10-20)16-25(17-23(27-22)13-14-23)21(26)19-7-5-4-6-8-19/h4-8,18,20H,9-17H2,1-3H3/t20-,22-. The van der Waals surface area contributed by atoms with Crippen LogP contribution in [0.4, 0.5) is 0 Å². The highest BCUT2D eigenvalue weighted by Crippen LogP contribution is 2.50. The largest absolute Gasteiger partial charge is 0.365 e. The summed E-state index contributed by atoms with van der Waals surface area (Å²) in [5.74, 6) is 0.870. The van der Waals surface area contributed by atoms with Gasteiger partial charge in [-0.3, -0.25) is 4.79 Å². The molecule has 4 rings (SSSR count). The van der Waals surface area contributed by atoms with E-state index in [9.17, 15) is 4.79 Å². The number of ether oxygens (including phenoxy) is 1. The average Bonchev–Trinajstić information content (AvgIpc) is 3.39. The first-order valence-electron chi connectivity index (χ1n) is 10.7. The van der Waals surface area contributed by atoms with Gasteiger partial charge in [0.1, 0.15) is 0 Å². The molecule has 0 bridgehead atoms. The summed E-state index contributed by atoms with van der Waals surface area (Å²) in [5.41, 5.74) is 0.615. The SMILES string of the molecule is CC(C)CN(C)[C@H]1CC[C@]2(CC1)CN(C(=O)c1ccccc1)CC1(CC1)O2. The number of hydrogen-bond acceptors (Lipinski definition) is 3. The highest BCUT2D eigenvalue weighted by molar-refractivity contribution is 5.94. The minimum Gasteiger partial charge on any atom is -0.365 e. The Morgan fingerprint density at radius 2 is 1.70 bits per heavy atom. The molecule has 3 aliphatic rings. The fourth-order valence-corrected chi connectivity index (χ4v) is 5.14. The van der Waals surface area contributed by atoms with Gasteiger partial charge in [0.15, 0.2) is 0 Å². The van der Waals surface area contributed by atoms with Crippen molar-refractivity contribution in [3.63, 3.8) is 0 Å². The Bertz CT molecular complexity index is 660. The van der Waals surface area contributed by atoms with Crippen LogP contribution in [-0.4, -0.2) is 59.6 Å². The number of hydrogen-bond donors (Lipinski definition) is 0. The zero-order valence-electron chi connectivity index (χ0n) is 17.1. The van der Waals surface area contributed by atoms with Crippen LogP contribution >= 0.6 is 0 Å². The Kier molecular flexibility index (Phi) is 5.06. The maximum Gasteiger partial charge on any atom is 0.254 e. The summed E-state index contributed by atoms with van der Waals surface area (Å²) in [6.45, 7) is 7.24. The molecule has 0 aromatic heterocycles. The molecule has 4 nitrogen and oxygen atoms in total. The van der Waals surface area contributed by atoms with Crippen LogP contribution in [0, 0.1) is 5.92 Å². The number of amides is 1. The van der Waals surface area contributed by atoms with E-state index in [0.29, 0.717) is 12.0 Å². The van der Waals surface area contributed by atoms with Crippen LogP contribution in [0.5, 0.6) is 0 Å². The van der Waals surface area contributed by atoms with Gasteiger partial charge in [0.25, 0.3) is 5.91 Å². The van der Waals surface area contributed by atoms with Crippen LogP contribution in [0.3, 0.4) is 0 Å². The molecule has 0 unspecified atom stereocenters. The molecule has 0 N–H and O–H groups in total. The second-order valence-electron chi connectivity index (χ2n) is 9.56. The summed E-state index contributed by atoms with van der Waals surface area (Å²) < 4.78 is 6.73. The molecule has 148 valence electrons. The Hall–Kier alpha value is -1.39. The van der Waals surface area contributed by atoms with E-state index in [0.717, 1.165) is 50.9 Å². The molecule has 1 amide bonds. The van der Waals surface area contributed by atoms with Gasteiger partial charge in [-0.05, 0) is 63.6 Å². The van der Waals surface area contributed by atoms with E-state index in [1.807, 2.05) is 30.3 Å². The quantitative estimate of drug-likeness (QED) is 0.804. The van der Waals surface area contributed by atoms with E-state index >= 15 is 0 Å². The number of rotatable bonds is 4. The average molecular weight is 371 g/mol. The second kappa shape index (κ2) is 7.21. The number of morpholine rings is 1. The third-order valence-electron chi connectivity index (χ3n) is 6.65. The van der Waals surface area contributed by atoms with E-state index in [1.165, 1.54) is 12.8 Å². The fourth-order valence-electron chi connectivity index (χ4n) is 5.14. The van der Waals surface area contributed by atoms with E-state index in [4.69, 9.17) is 4.74 Å². The van der Waals surface area contributed by atoms with Crippen LogP contribution in [-0.2, 0) is 4.74 Å². The zero-order valence-corrected chi connectivity index (χ0v) is 17.1. The predicted molar refractivity (Wildman–Crippen MR) is 108 cm³/mol. The first-order valence-corrected chi connectivity index (χ1v) is 10.7. The van der Waals surface area contributed by atoms with Crippen LogP contribution < -0.4 is 0 Å². The predicted octanol–water partition coefficient (Wildman–Crippen LogP) is 3.96. The Balaban J connectivity index is 1.45. The number of benzene rings is 1. The molecule has 1 aromatic carbocycles. The molecule has 1 aromatic rings. The molecule has 2 spiro atoms. The van der Waals surface area contributed by atoms with Crippen molar-refractivity contribution in [1.82, 2.24) is 9.80 Å². The molecule has 1 aliphatic heterocycles. The number of nitrogens with zero attached hydrogens (tertiary/aromatic N) is 2. The Morgan fingerprint density at radius 3 is 2.26 bits per heavy atom. The highest BCUT2D eigenvalue weighted by Gasteiger charge is 2.56. The monoisotopic (exact) mass is 370 g/mol. The van der Waals surface area contributed by atoms with Crippen LogP contribution in [0.25, 0.3) is 0 Å². The zero-order chi connectivity index (χ0) is 19.1. The lowest BCUT2D eigenvalue weighted by molar-refractivity contribution is -0.178. The van der Waals surface area contributed by atoms with Crippen molar-refractivity contribution in [2.45, 2.75) is 69.6 Å². The second-order valence-corrected chi connectivity index (χ2v) is 9.56. The van der Waals surface area contributed by atoms with E-state index < -0.39 is 0 Å². The molecule has 1 saturated heterocycles. The number of carbonyl (C=O) groups excluding carboxylic acids is 1. The van der Waals surface area contributed by atoms with Crippen LogP contribution in [0.1, 0.15) is 62.7 Å². The van der Waals surface area contributed by atoms with Crippen molar-refractivity contribution < 1.29 is 9.53 Å². The van der Waals surface area contributed by atoms with Gasteiger partial charge in [0.2, 0.25) is 0 Å². The molecule has 4 heteroatoms. The summed E-state index contributed by atoms with van der Waals surface area (Å²) in [5, 5.41) is 0. The van der Waals surface area contributed by atoms with Gasteiger partial charge in [-0.1, -0.05) is 32.0 Å². The highest BCUT2D eigenvalue weighted by atomic mass is 16.5. The minimum absolute atomic E-state index is 0.0562. The fraction of sp³-hybridized carbons (Fsp3) is 0.696. The van der Waals surface area contributed by atoms with Gasteiger partial charge in [0, 0.05) is 18.2 Å². The molecule has 2 saturated carbocycles. The topological polar surface area (TPSA) is 32.8 Å².